The fraction of sp³-hybridized carbons (Fsp3) is 0.617. The highest BCUT2D eigenvalue weighted by molar-refractivity contribution is 5.71. The van der Waals surface area contributed by atoms with Crippen molar-refractivity contribution in [1.29, 1.82) is 0 Å². The summed E-state index contributed by atoms with van der Waals surface area (Å²) in [5.74, 6) is -1.03. The predicted molar refractivity (Wildman–Crippen MR) is 283 cm³/mol. The molecule has 0 heterocycles. The summed E-state index contributed by atoms with van der Waals surface area (Å²) in [7, 11) is 0. The third-order valence-corrected chi connectivity index (χ3v) is 10.9. The Kier molecular flexibility index (Phi) is 50.0. The number of hydrogen-bond acceptors (Lipinski definition) is 6. The predicted octanol–water partition coefficient (Wildman–Crippen LogP) is 17.7. The van der Waals surface area contributed by atoms with E-state index >= 15 is 0 Å². The first kappa shape index (κ1) is 61.8. The molecule has 0 saturated carbocycles. The lowest BCUT2D eigenvalue weighted by molar-refractivity contribution is -0.167. The van der Waals surface area contributed by atoms with Crippen molar-refractivity contribution in [1.82, 2.24) is 0 Å². The zero-order valence-corrected chi connectivity index (χ0v) is 42.4. The molecule has 0 fully saturated rings. The van der Waals surface area contributed by atoms with Crippen LogP contribution in [0.5, 0.6) is 0 Å². The molecule has 6 nitrogen and oxygen atoms in total. The SMILES string of the molecule is CC/C=C/C=C/C=C/C=C/C=C/CCCC(=O)OCC(COC(=O)CCCCCCC/C=C/C=C/C=C/CCCCCCC)OC(=O)CCCCCCCCC/C=C/C/C=C/CCCCC. The van der Waals surface area contributed by atoms with E-state index in [0.29, 0.717) is 19.3 Å². The van der Waals surface area contributed by atoms with Gasteiger partial charge < -0.3 is 14.2 Å². The molecule has 0 aromatic heterocycles. The molecule has 0 aromatic rings. The van der Waals surface area contributed by atoms with Gasteiger partial charge in [-0.1, -0.05) is 232 Å². The first-order chi connectivity index (χ1) is 32.5. The van der Waals surface area contributed by atoms with Gasteiger partial charge in [-0.15, -0.1) is 0 Å². The monoisotopic (exact) mass is 913 g/mol. The van der Waals surface area contributed by atoms with E-state index < -0.39 is 6.10 Å². The summed E-state index contributed by atoms with van der Waals surface area (Å²) in [6.45, 7) is 6.35. The normalized spacial score (nSPS) is 13.1. The Bertz CT molecular complexity index is 1420. The van der Waals surface area contributed by atoms with Crippen molar-refractivity contribution in [3.05, 3.63) is 122 Å². The average molecular weight is 913 g/mol. The number of allylic oxidation sites excluding steroid dienone is 20. The Hall–Kier alpha value is -4.19. The van der Waals surface area contributed by atoms with Gasteiger partial charge in [0.15, 0.2) is 6.10 Å². The van der Waals surface area contributed by atoms with Crippen molar-refractivity contribution in [3.8, 4) is 0 Å². The fourth-order valence-electron chi connectivity index (χ4n) is 6.86. The molecule has 6 heteroatoms. The minimum atomic E-state index is -0.823. The third-order valence-electron chi connectivity index (χ3n) is 10.9. The largest absolute Gasteiger partial charge is 0.462 e. The molecular weight excluding hydrogens is 817 g/mol. The molecule has 0 radical (unpaired) electrons. The second-order valence-electron chi connectivity index (χ2n) is 17.2. The lowest BCUT2D eigenvalue weighted by Gasteiger charge is -2.18. The van der Waals surface area contributed by atoms with Gasteiger partial charge in [-0.3, -0.25) is 14.4 Å². The molecule has 0 saturated heterocycles. The van der Waals surface area contributed by atoms with Crippen molar-refractivity contribution < 1.29 is 28.6 Å². The van der Waals surface area contributed by atoms with Crippen LogP contribution in [0.15, 0.2) is 122 Å². The Morgan fingerprint density at radius 1 is 0.333 bits per heavy atom. The van der Waals surface area contributed by atoms with Crippen LogP contribution in [-0.2, 0) is 28.6 Å². The quantitative estimate of drug-likeness (QED) is 0.0199. The van der Waals surface area contributed by atoms with E-state index in [-0.39, 0.29) is 37.5 Å². The maximum Gasteiger partial charge on any atom is 0.306 e. The lowest BCUT2D eigenvalue weighted by Crippen LogP contribution is -2.30. The topological polar surface area (TPSA) is 78.9 Å². The maximum atomic E-state index is 12.8. The maximum absolute atomic E-state index is 12.8. The van der Waals surface area contributed by atoms with Crippen molar-refractivity contribution in [2.45, 2.75) is 226 Å². The summed E-state index contributed by atoms with van der Waals surface area (Å²) in [6, 6.07) is 0. The molecule has 0 bridgehead atoms. The van der Waals surface area contributed by atoms with Crippen LogP contribution in [0.3, 0.4) is 0 Å². The second-order valence-corrected chi connectivity index (χ2v) is 17.2. The van der Waals surface area contributed by atoms with Crippen molar-refractivity contribution in [2.75, 3.05) is 13.2 Å². The number of ether oxygens (including phenoxy) is 3. The van der Waals surface area contributed by atoms with Gasteiger partial charge in [0.1, 0.15) is 13.2 Å². The summed E-state index contributed by atoms with van der Waals surface area (Å²) < 4.78 is 16.7. The highest BCUT2D eigenvalue weighted by Crippen LogP contribution is 2.13. The molecule has 0 amide bonds. The van der Waals surface area contributed by atoms with Gasteiger partial charge in [0.25, 0.3) is 0 Å². The summed E-state index contributed by atoms with van der Waals surface area (Å²) in [5, 5.41) is 0. The highest BCUT2D eigenvalue weighted by Gasteiger charge is 2.19. The van der Waals surface area contributed by atoms with Gasteiger partial charge in [-0.25, -0.2) is 0 Å². The van der Waals surface area contributed by atoms with Crippen LogP contribution in [0.25, 0.3) is 0 Å². The second kappa shape index (κ2) is 53.4. The fourth-order valence-corrected chi connectivity index (χ4v) is 6.86. The van der Waals surface area contributed by atoms with Crippen molar-refractivity contribution in [2.24, 2.45) is 0 Å². The van der Waals surface area contributed by atoms with Crippen LogP contribution < -0.4 is 0 Å². The Morgan fingerprint density at radius 3 is 1.14 bits per heavy atom. The van der Waals surface area contributed by atoms with Gasteiger partial charge in [-0.05, 0) is 89.9 Å². The van der Waals surface area contributed by atoms with E-state index in [1.807, 2.05) is 54.7 Å². The van der Waals surface area contributed by atoms with Gasteiger partial charge in [0.2, 0.25) is 0 Å². The van der Waals surface area contributed by atoms with Crippen molar-refractivity contribution in [3.63, 3.8) is 0 Å². The number of rotatable bonds is 46. The molecule has 0 aliphatic heterocycles. The van der Waals surface area contributed by atoms with Crippen LogP contribution in [-0.4, -0.2) is 37.2 Å². The number of esters is 3. The van der Waals surface area contributed by atoms with Crippen LogP contribution in [0.2, 0.25) is 0 Å². The molecule has 1 unspecified atom stereocenters. The zero-order chi connectivity index (χ0) is 47.9. The van der Waals surface area contributed by atoms with E-state index in [0.717, 1.165) is 89.9 Å². The van der Waals surface area contributed by atoms with Gasteiger partial charge in [0, 0.05) is 19.3 Å². The minimum absolute atomic E-state index is 0.118. The van der Waals surface area contributed by atoms with Crippen LogP contribution >= 0.6 is 0 Å². The van der Waals surface area contributed by atoms with Crippen LogP contribution in [0.4, 0.5) is 0 Å². The van der Waals surface area contributed by atoms with E-state index in [2.05, 4.69) is 87.6 Å². The number of unbranched alkanes of at least 4 members (excludes halogenated alkanes) is 21. The van der Waals surface area contributed by atoms with E-state index in [4.69, 9.17) is 14.2 Å². The number of carbonyl (C=O) groups excluding carboxylic acids is 3. The summed E-state index contributed by atoms with van der Waals surface area (Å²) >= 11 is 0. The lowest BCUT2D eigenvalue weighted by atomic mass is 10.1. The van der Waals surface area contributed by atoms with Crippen LogP contribution in [0.1, 0.15) is 220 Å². The first-order valence-corrected chi connectivity index (χ1v) is 26.6. The zero-order valence-electron chi connectivity index (χ0n) is 42.4. The summed E-state index contributed by atoms with van der Waals surface area (Å²) in [6.07, 6.45) is 73.3. The first-order valence-electron chi connectivity index (χ1n) is 26.6. The molecule has 0 rings (SSSR count). The molecule has 0 aliphatic rings. The third kappa shape index (κ3) is 50.8. The number of hydrogen-bond donors (Lipinski definition) is 0. The van der Waals surface area contributed by atoms with Gasteiger partial charge in [0.05, 0.1) is 0 Å². The highest BCUT2D eigenvalue weighted by atomic mass is 16.6. The smallest absolute Gasteiger partial charge is 0.306 e. The van der Waals surface area contributed by atoms with E-state index in [9.17, 15) is 14.4 Å². The molecule has 0 aliphatic carbocycles. The summed E-state index contributed by atoms with van der Waals surface area (Å²) in [4.78, 5) is 38.0. The van der Waals surface area contributed by atoms with Crippen molar-refractivity contribution >= 4 is 17.9 Å². The molecule has 0 N–H and O–H groups in total. The summed E-state index contributed by atoms with van der Waals surface area (Å²) in [5.41, 5.74) is 0. The van der Waals surface area contributed by atoms with E-state index in [1.54, 1.807) is 0 Å². The molecule has 1 atom stereocenters. The standard InChI is InChI=1S/C60H96O6/c1-4-7-10-13-16-19-22-25-27-29-31-32-35-38-41-44-47-50-53-59(62)65-56-57(55-64-58(61)52-49-46-43-40-37-34-24-21-18-15-12-9-6-3)66-60(63)54-51-48-45-42-39-36-33-30-28-26-23-20-17-14-11-8-5-2/h9,12,15,17-18,20-22,24-29,31-32,34,37,40,43,57H,4-8,10-11,13-14,16,19,23,30,33,35-36,38-39,41-42,44-56H2,1-3H3/b12-9+,18-15+,20-17+,24-21+,25-22+,28-26+,29-27+,32-31+,37-34+,43-40+. The Labute approximate surface area is 405 Å². The average Bonchev–Trinajstić information content (AvgIpc) is 3.31. The van der Waals surface area contributed by atoms with E-state index in [1.165, 1.54) is 83.5 Å². The van der Waals surface area contributed by atoms with Gasteiger partial charge in [-0.2, -0.15) is 0 Å². The molecule has 0 spiro atoms. The molecule has 66 heavy (non-hydrogen) atoms. The molecular formula is C60H96O6. The molecule has 372 valence electrons. The minimum Gasteiger partial charge on any atom is -0.462 e. The van der Waals surface area contributed by atoms with Crippen LogP contribution in [0, 0.1) is 0 Å². The Balaban J connectivity index is 4.54. The Morgan fingerprint density at radius 2 is 0.667 bits per heavy atom. The molecule has 0 aromatic carbocycles. The number of carbonyl (C=O) groups is 3. The van der Waals surface area contributed by atoms with Gasteiger partial charge >= 0.3 is 17.9 Å².